The fourth-order valence-electron chi connectivity index (χ4n) is 1.36. The highest BCUT2D eigenvalue weighted by Crippen LogP contribution is 2.23. The molecule has 4 nitrogen and oxygen atoms in total. The summed E-state index contributed by atoms with van der Waals surface area (Å²) in [6.07, 6.45) is 0. The number of pyridine rings is 1. The van der Waals surface area contributed by atoms with Gasteiger partial charge in [-0.25, -0.2) is 9.78 Å². The van der Waals surface area contributed by atoms with E-state index in [2.05, 4.69) is 4.98 Å². The molecular weight excluding hydrogens is 225 g/mol. The lowest BCUT2D eigenvalue weighted by atomic mass is 10.4. The molecule has 0 aromatic carbocycles. The molecule has 2 aromatic heterocycles. The third-order valence-electron chi connectivity index (χ3n) is 2.15. The van der Waals surface area contributed by atoms with Gasteiger partial charge in [-0.1, -0.05) is 23.2 Å². The maximum atomic E-state index is 11.5. The van der Waals surface area contributed by atoms with Crippen molar-refractivity contribution in [3.05, 3.63) is 26.7 Å². The summed E-state index contributed by atoms with van der Waals surface area (Å²) < 4.78 is 2.90. The van der Waals surface area contributed by atoms with Crippen LogP contribution in [-0.2, 0) is 14.1 Å². The molecule has 6 heteroatoms. The van der Waals surface area contributed by atoms with Gasteiger partial charge in [0.25, 0.3) is 0 Å². The molecule has 2 rings (SSSR count). The van der Waals surface area contributed by atoms with Gasteiger partial charge in [0.05, 0.1) is 10.5 Å². The molecule has 0 atom stereocenters. The van der Waals surface area contributed by atoms with Gasteiger partial charge < -0.3 is 0 Å². The maximum Gasteiger partial charge on any atom is 0.329 e. The molecular formula is C8H7Cl2N3O. The second-order valence-electron chi connectivity index (χ2n) is 3.00. The number of hydrogen-bond acceptors (Lipinski definition) is 2. The van der Waals surface area contributed by atoms with E-state index in [0.717, 1.165) is 0 Å². The minimum absolute atomic E-state index is 0.147. The average Bonchev–Trinajstić information content (AvgIpc) is 2.34. The number of rotatable bonds is 0. The van der Waals surface area contributed by atoms with E-state index in [9.17, 15) is 4.79 Å². The van der Waals surface area contributed by atoms with Crippen molar-refractivity contribution in [2.24, 2.45) is 14.1 Å². The minimum Gasteiger partial charge on any atom is -0.293 e. The van der Waals surface area contributed by atoms with Crippen molar-refractivity contribution in [2.75, 3.05) is 0 Å². The van der Waals surface area contributed by atoms with Crippen LogP contribution in [0.1, 0.15) is 0 Å². The smallest absolute Gasteiger partial charge is 0.293 e. The van der Waals surface area contributed by atoms with Crippen molar-refractivity contribution >= 4 is 34.4 Å². The third kappa shape index (κ3) is 1.14. The van der Waals surface area contributed by atoms with Crippen LogP contribution in [0.4, 0.5) is 0 Å². The van der Waals surface area contributed by atoms with E-state index in [4.69, 9.17) is 23.2 Å². The van der Waals surface area contributed by atoms with Gasteiger partial charge in [-0.2, -0.15) is 0 Å². The Kier molecular flexibility index (Phi) is 2.05. The molecule has 0 saturated heterocycles. The van der Waals surface area contributed by atoms with Gasteiger partial charge >= 0.3 is 5.69 Å². The Morgan fingerprint density at radius 1 is 1.29 bits per heavy atom. The molecule has 0 aliphatic rings. The Balaban J connectivity index is 3.04. The molecule has 2 heterocycles. The van der Waals surface area contributed by atoms with Crippen molar-refractivity contribution in [3.63, 3.8) is 0 Å². The number of aromatic nitrogens is 3. The second kappa shape index (κ2) is 3.00. The van der Waals surface area contributed by atoms with E-state index < -0.39 is 0 Å². The van der Waals surface area contributed by atoms with Gasteiger partial charge in [-0.05, 0) is 6.07 Å². The summed E-state index contributed by atoms with van der Waals surface area (Å²) in [4.78, 5) is 15.5. The quantitative estimate of drug-likeness (QED) is 0.647. The molecule has 0 radical (unpaired) electrons. The van der Waals surface area contributed by atoms with Gasteiger partial charge in [0.15, 0.2) is 5.65 Å². The first-order chi connectivity index (χ1) is 6.52. The van der Waals surface area contributed by atoms with Crippen LogP contribution in [0.5, 0.6) is 0 Å². The Bertz CT molecular complexity index is 522. The molecule has 0 bridgehead atoms. The van der Waals surface area contributed by atoms with Crippen LogP contribution < -0.4 is 5.69 Å². The lowest BCUT2D eigenvalue weighted by Gasteiger charge is -1.96. The Hall–Kier alpha value is -1.000. The van der Waals surface area contributed by atoms with Gasteiger partial charge in [0.2, 0.25) is 0 Å². The van der Waals surface area contributed by atoms with Gasteiger partial charge in [-0.15, -0.1) is 0 Å². The monoisotopic (exact) mass is 231 g/mol. The largest absolute Gasteiger partial charge is 0.329 e. The van der Waals surface area contributed by atoms with Crippen molar-refractivity contribution in [2.45, 2.75) is 0 Å². The van der Waals surface area contributed by atoms with E-state index in [0.29, 0.717) is 16.2 Å². The Morgan fingerprint density at radius 3 is 2.57 bits per heavy atom. The molecule has 0 unspecified atom stereocenters. The average molecular weight is 232 g/mol. The van der Waals surface area contributed by atoms with E-state index in [-0.39, 0.29) is 10.8 Å². The highest BCUT2D eigenvalue weighted by Gasteiger charge is 2.11. The van der Waals surface area contributed by atoms with Gasteiger partial charge in [0.1, 0.15) is 5.15 Å². The van der Waals surface area contributed by atoms with Gasteiger partial charge in [0, 0.05) is 14.1 Å². The number of hydrogen-bond donors (Lipinski definition) is 0. The zero-order chi connectivity index (χ0) is 10.5. The van der Waals surface area contributed by atoms with Crippen LogP contribution in [0.3, 0.4) is 0 Å². The predicted octanol–water partition coefficient (Wildman–Crippen LogP) is 1.58. The topological polar surface area (TPSA) is 39.8 Å². The van der Waals surface area contributed by atoms with E-state index in [1.165, 1.54) is 9.13 Å². The number of aryl methyl sites for hydroxylation is 2. The van der Waals surface area contributed by atoms with Crippen molar-refractivity contribution in [1.82, 2.24) is 14.1 Å². The van der Waals surface area contributed by atoms with Crippen LogP contribution >= 0.6 is 23.2 Å². The zero-order valence-corrected chi connectivity index (χ0v) is 9.10. The van der Waals surface area contributed by atoms with Crippen LogP contribution in [-0.4, -0.2) is 14.1 Å². The summed E-state index contributed by atoms with van der Waals surface area (Å²) in [5, 5.41) is 0.556. The summed E-state index contributed by atoms with van der Waals surface area (Å²) in [6.45, 7) is 0. The van der Waals surface area contributed by atoms with E-state index in [1.54, 1.807) is 20.2 Å². The summed E-state index contributed by atoms with van der Waals surface area (Å²) in [5.74, 6) is 0. The third-order valence-corrected chi connectivity index (χ3v) is 2.82. The molecule has 0 spiro atoms. The number of fused-ring (bicyclic) bond motifs is 1. The highest BCUT2D eigenvalue weighted by molar-refractivity contribution is 6.41. The first-order valence-electron chi connectivity index (χ1n) is 3.90. The first-order valence-corrected chi connectivity index (χ1v) is 4.65. The fraction of sp³-hybridized carbons (Fsp3) is 0.250. The van der Waals surface area contributed by atoms with Crippen LogP contribution in [0.25, 0.3) is 11.2 Å². The molecule has 0 N–H and O–H groups in total. The summed E-state index contributed by atoms with van der Waals surface area (Å²) in [6, 6.07) is 1.63. The fourth-order valence-corrected chi connectivity index (χ4v) is 1.64. The minimum atomic E-state index is -0.147. The number of nitrogens with zero attached hydrogens (tertiary/aromatic N) is 3. The summed E-state index contributed by atoms with van der Waals surface area (Å²) in [7, 11) is 3.30. The molecule has 0 aliphatic heterocycles. The normalized spacial score (nSPS) is 11.1. The molecule has 0 saturated carbocycles. The zero-order valence-electron chi connectivity index (χ0n) is 7.58. The molecule has 2 aromatic rings. The highest BCUT2D eigenvalue weighted by atomic mass is 35.5. The molecule has 74 valence electrons. The standard InChI is InChI=1S/C8H7Cl2N3O/c1-12-5-3-4(9)6(10)11-7(5)13(2)8(12)14/h3H,1-2H3. The summed E-state index contributed by atoms with van der Waals surface area (Å²) >= 11 is 11.6. The Morgan fingerprint density at radius 2 is 1.93 bits per heavy atom. The van der Waals surface area contributed by atoms with E-state index >= 15 is 0 Å². The SMILES string of the molecule is Cn1c(=O)n(C)c2nc(Cl)c(Cl)cc21. The second-order valence-corrected chi connectivity index (χ2v) is 3.77. The van der Waals surface area contributed by atoms with Crippen molar-refractivity contribution in [3.8, 4) is 0 Å². The van der Waals surface area contributed by atoms with Crippen LogP contribution in [0.2, 0.25) is 10.2 Å². The Labute approximate surface area is 89.7 Å². The molecule has 0 amide bonds. The van der Waals surface area contributed by atoms with E-state index in [1.807, 2.05) is 0 Å². The van der Waals surface area contributed by atoms with Crippen molar-refractivity contribution in [1.29, 1.82) is 0 Å². The molecule has 14 heavy (non-hydrogen) atoms. The lowest BCUT2D eigenvalue weighted by molar-refractivity contribution is 0.791. The number of halogens is 2. The van der Waals surface area contributed by atoms with Crippen LogP contribution in [0.15, 0.2) is 10.9 Å². The molecule has 0 fully saturated rings. The molecule has 0 aliphatic carbocycles. The lowest BCUT2D eigenvalue weighted by Crippen LogP contribution is -2.19. The van der Waals surface area contributed by atoms with Gasteiger partial charge in [-0.3, -0.25) is 9.13 Å². The first kappa shape index (κ1) is 9.55. The van der Waals surface area contributed by atoms with Crippen molar-refractivity contribution < 1.29 is 0 Å². The summed E-state index contributed by atoms with van der Waals surface area (Å²) in [5.41, 5.74) is 1.06. The maximum absolute atomic E-state index is 11.5. The van der Waals surface area contributed by atoms with Crippen LogP contribution in [0, 0.1) is 0 Å². The number of imidazole rings is 1. The predicted molar refractivity (Wildman–Crippen MR) is 56.0 cm³/mol.